The van der Waals surface area contributed by atoms with Gasteiger partial charge in [0, 0.05) is 16.4 Å². The van der Waals surface area contributed by atoms with Gasteiger partial charge in [-0.1, -0.05) is 6.07 Å². The smallest absolute Gasteiger partial charge is 0.132 e. The van der Waals surface area contributed by atoms with Crippen LogP contribution in [0, 0.1) is 0 Å². The fourth-order valence-electron chi connectivity index (χ4n) is 2.29. The Morgan fingerprint density at radius 1 is 1.44 bits per heavy atom. The van der Waals surface area contributed by atoms with E-state index in [9.17, 15) is 0 Å². The maximum atomic E-state index is 6.09. The molecule has 0 saturated heterocycles. The summed E-state index contributed by atoms with van der Waals surface area (Å²) >= 11 is 1.72. The minimum absolute atomic E-state index is 0.232. The number of ether oxygens (including phenoxy) is 1. The van der Waals surface area contributed by atoms with Gasteiger partial charge in [-0.25, -0.2) is 0 Å². The first-order valence-corrected chi connectivity index (χ1v) is 6.84. The van der Waals surface area contributed by atoms with Crippen LogP contribution < -0.4 is 10.5 Å². The van der Waals surface area contributed by atoms with Crippen molar-refractivity contribution in [2.75, 3.05) is 13.4 Å². The lowest BCUT2D eigenvalue weighted by Crippen LogP contribution is -2.31. The van der Waals surface area contributed by atoms with Crippen LogP contribution in [0.1, 0.15) is 25.3 Å². The molecule has 1 aromatic rings. The zero-order valence-electron chi connectivity index (χ0n) is 10.1. The van der Waals surface area contributed by atoms with Crippen molar-refractivity contribution < 1.29 is 4.74 Å². The fraction of sp³-hybridized carbons (Fsp3) is 0.538. The van der Waals surface area contributed by atoms with E-state index < -0.39 is 0 Å². The zero-order chi connectivity index (χ0) is 11.8. The van der Waals surface area contributed by atoms with Crippen molar-refractivity contribution in [2.45, 2.75) is 36.1 Å². The molecule has 1 aromatic carbocycles. The third-order valence-electron chi connectivity index (χ3n) is 3.62. The molecule has 3 heteroatoms. The Labute approximate surface area is 102 Å². The Kier molecular flexibility index (Phi) is 3.17. The summed E-state index contributed by atoms with van der Waals surface area (Å²) in [7, 11) is 1.72. The molecule has 16 heavy (non-hydrogen) atoms. The lowest BCUT2D eigenvalue weighted by Gasteiger charge is -2.21. The van der Waals surface area contributed by atoms with Crippen LogP contribution in [0.3, 0.4) is 0 Å². The average Bonchev–Trinajstić information content (AvgIpc) is 3.09. The summed E-state index contributed by atoms with van der Waals surface area (Å²) < 4.78 is 5.33. The number of methoxy groups -OCH3 is 1. The summed E-state index contributed by atoms with van der Waals surface area (Å²) in [6.45, 7) is 2.11. The number of hydrogen-bond donors (Lipinski definition) is 1. The van der Waals surface area contributed by atoms with Gasteiger partial charge in [0.05, 0.1) is 7.11 Å². The van der Waals surface area contributed by atoms with Crippen LogP contribution in [-0.4, -0.2) is 19.4 Å². The van der Waals surface area contributed by atoms with Gasteiger partial charge in [0.1, 0.15) is 5.75 Å². The third kappa shape index (κ3) is 1.82. The van der Waals surface area contributed by atoms with Gasteiger partial charge in [-0.3, -0.25) is 0 Å². The standard InChI is InChI=1S/C13H19NOS/c1-9(14)13(6-7-13)10-4-5-11(15-2)12(8-10)16-3/h4-5,8-9H,6-7,14H2,1-3H3. The van der Waals surface area contributed by atoms with Gasteiger partial charge < -0.3 is 10.5 Å². The van der Waals surface area contributed by atoms with Gasteiger partial charge in [0.15, 0.2) is 0 Å². The van der Waals surface area contributed by atoms with Crippen LogP contribution in [0.4, 0.5) is 0 Å². The highest BCUT2D eigenvalue weighted by atomic mass is 32.2. The highest BCUT2D eigenvalue weighted by Crippen LogP contribution is 2.51. The van der Waals surface area contributed by atoms with Crippen LogP contribution in [0.5, 0.6) is 5.75 Å². The van der Waals surface area contributed by atoms with Crippen LogP contribution in [0.25, 0.3) is 0 Å². The molecule has 88 valence electrons. The molecule has 1 aliphatic rings. The number of thioether (sulfide) groups is 1. The number of rotatable bonds is 4. The Morgan fingerprint density at radius 2 is 2.12 bits per heavy atom. The molecule has 1 saturated carbocycles. The number of nitrogens with two attached hydrogens (primary N) is 1. The fourth-order valence-corrected chi connectivity index (χ4v) is 2.88. The first-order valence-electron chi connectivity index (χ1n) is 5.62. The van der Waals surface area contributed by atoms with E-state index in [4.69, 9.17) is 10.5 Å². The predicted octanol–water partition coefficient (Wildman–Crippen LogP) is 2.80. The van der Waals surface area contributed by atoms with Crippen molar-refractivity contribution in [1.82, 2.24) is 0 Å². The Morgan fingerprint density at radius 3 is 2.56 bits per heavy atom. The molecule has 0 radical (unpaired) electrons. The maximum absolute atomic E-state index is 6.09. The van der Waals surface area contributed by atoms with E-state index in [0.29, 0.717) is 0 Å². The van der Waals surface area contributed by atoms with Crippen molar-refractivity contribution in [3.63, 3.8) is 0 Å². The predicted molar refractivity (Wildman–Crippen MR) is 69.3 cm³/mol. The van der Waals surface area contributed by atoms with Crippen molar-refractivity contribution in [1.29, 1.82) is 0 Å². The molecule has 1 unspecified atom stereocenters. The first-order chi connectivity index (χ1) is 7.64. The van der Waals surface area contributed by atoms with E-state index in [0.717, 1.165) is 5.75 Å². The monoisotopic (exact) mass is 237 g/mol. The quantitative estimate of drug-likeness (QED) is 0.818. The average molecular weight is 237 g/mol. The van der Waals surface area contributed by atoms with Gasteiger partial charge >= 0.3 is 0 Å². The number of hydrogen-bond acceptors (Lipinski definition) is 3. The van der Waals surface area contributed by atoms with Crippen LogP contribution >= 0.6 is 11.8 Å². The Balaban J connectivity index is 2.37. The van der Waals surface area contributed by atoms with Crippen LogP contribution in [0.2, 0.25) is 0 Å². The largest absolute Gasteiger partial charge is 0.496 e. The van der Waals surface area contributed by atoms with Crippen molar-refractivity contribution >= 4 is 11.8 Å². The van der Waals surface area contributed by atoms with Gasteiger partial charge in [0.25, 0.3) is 0 Å². The number of benzene rings is 1. The minimum atomic E-state index is 0.232. The maximum Gasteiger partial charge on any atom is 0.132 e. The molecule has 1 atom stereocenters. The van der Waals surface area contributed by atoms with Gasteiger partial charge in [0.2, 0.25) is 0 Å². The van der Waals surface area contributed by atoms with E-state index in [1.165, 1.54) is 23.3 Å². The summed E-state index contributed by atoms with van der Waals surface area (Å²) in [5.74, 6) is 0.955. The highest BCUT2D eigenvalue weighted by molar-refractivity contribution is 7.98. The lowest BCUT2D eigenvalue weighted by molar-refractivity contribution is 0.404. The third-order valence-corrected chi connectivity index (χ3v) is 4.38. The van der Waals surface area contributed by atoms with Crippen LogP contribution in [0.15, 0.2) is 23.1 Å². The first kappa shape index (κ1) is 11.8. The molecule has 2 rings (SSSR count). The second kappa shape index (κ2) is 4.30. The second-order valence-electron chi connectivity index (χ2n) is 4.51. The Hall–Kier alpha value is -0.670. The molecule has 1 aliphatic carbocycles. The summed E-state index contributed by atoms with van der Waals surface area (Å²) in [5, 5.41) is 0. The van der Waals surface area contributed by atoms with E-state index in [2.05, 4.69) is 31.4 Å². The van der Waals surface area contributed by atoms with E-state index >= 15 is 0 Å². The molecule has 0 bridgehead atoms. The molecule has 0 spiro atoms. The molecule has 2 nitrogen and oxygen atoms in total. The molecular weight excluding hydrogens is 218 g/mol. The summed E-state index contributed by atoms with van der Waals surface area (Å²) in [6, 6.07) is 6.69. The van der Waals surface area contributed by atoms with E-state index in [1.54, 1.807) is 18.9 Å². The summed E-state index contributed by atoms with van der Waals surface area (Å²) in [6.07, 6.45) is 4.50. The molecule has 2 N–H and O–H groups in total. The van der Waals surface area contributed by atoms with E-state index in [1.807, 2.05) is 0 Å². The Bertz CT molecular complexity index is 386. The molecule has 0 amide bonds. The van der Waals surface area contributed by atoms with Gasteiger partial charge in [-0.15, -0.1) is 11.8 Å². The van der Waals surface area contributed by atoms with Crippen LogP contribution in [-0.2, 0) is 5.41 Å². The minimum Gasteiger partial charge on any atom is -0.496 e. The second-order valence-corrected chi connectivity index (χ2v) is 5.36. The van der Waals surface area contributed by atoms with Gasteiger partial charge in [-0.05, 0) is 43.7 Å². The molecule has 1 fully saturated rings. The molecular formula is C13H19NOS. The van der Waals surface area contributed by atoms with Crippen molar-refractivity contribution in [2.24, 2.45) is 5.73 Å². The normalized spacial score (nSPS) is 19.2. The molecule has 0 heterocycles. The zero-order valence-corrected chi connectivity index (χ0v) is 10.9. The molecule has 0 aromatic heterocycles. The summed E-state index contributed by atoms with van der Waals surface area (Å²) in [5.41, 5.74) is 7.69. The lowest BCUT2D eigenvalue weighted by atomic mass is 9.89. The summed E-state index contributed by atoms with van der Waals surface area (Å²) in [4.78, 5) is 1.20. The van der Waals surface area contributed by atoms with Crippen molar-refractivity contribution in [3.8, 4) is 5.75 Å². The van der Waals surface area contributed by atoms with E-state index in [-0.39, 0.29) is 11.5 Å². The topological polar surface area (TPSA) is 35.2 Å². The van der Waals surface area contributed by atoms with Crippen molar-refractivity contribution in [3.05, 3.63) is 23.8 Å². The van der Waals surface area contributed by atoms with Gasteiger partial charge in [-0.2, -0.15) is 0 Å². The SMILES string of the molecule is COc1ccc(C2(C(C)N)CC2)cc1SC. The highest BCUT2D eigenvalue weighted by Gasteiger charge is 2.47. The molecule has 0 aliphatic heterocycles.